The number of ether oxygens (including phenoxy) is 4. The number of aliphatic imine (C=N–C) groups is 1. The first-order valence-corrected chi connectivity index (χ1v) is 11.4. The molecule has 0 unspecified atom stereocenters. The number of fused-ring (bicyclic) bond motifs is 1. The molecule has 2 aromatic carbocycles. The van der Waals surface area contributed by atoms with E-state index in [9.17, 15) is 4.79 Å². The number of hydrogen-bond donors (Lipinski definition) is 1. The Bertz CT molecular complexity index is 1210. The molecule has 0 saturated carbocycles. The third kappa shape index (κ3) is 4.79. The zero-order valence-corrected chi connectivity index (χ0v) is 20.2. The summed E-state index contributed by atoms with van der Waals surface area (Å²) in [6.45, 7) is 4.72. The molecule has 0 bridgehead atoms. The van der Waals surface area contributed by atoms with Gasteiger partial charge < -0.3 is 18.9 Å². The van der Waals surface area contributed by atoms with Crippen molar-refractivity contribution < 1.29 is 23.7 Å². The third-order valence-corrected chi connectivity index (χ3v) is 6.14. The molecule has 0 radical (unpaired) electrons. The van der Waals surface area contributed by atoms with Crippen LogP contribution in [-0.4, -0.2) is 49.2 Å². The van der Waals surface area contributed by atoms with Crippen molar-refractivity contribution in [3.8, 4) is 23.0 Å². The lowest BCUT2D eigenvalue weighted by molar-refractivity contribution is -0.114. The summed E-state index contributed by atoms with van der Waals surface area (Å²) in [5.41, 5.74) is 3.17. The normalized spacial score (nSPS) is 15.9. The van der Waals surface area contributed by atoms with E-state index in [1.54, 1.807) is 34.7 Å². The fraction of sp³-hybridized carbons (Fsp3) is 0.240. The maximum atomic E-state index is 12.5. The topological polar surface area (TPSA) is 93.4 Å². The molecular weight excluding hydrogens is 454 g/mol. The molecule has 1 amide bonds. The summed E-state index contributed by atoms with van der Waals surface area (Å²) in [5, 5.41) is 10.7. The Morgan fingerprint density at radius 3 is 2.41 bits per heavy atom. The lowest BCUT2D eigenvalue weighted by Gasteiger charge is -2.22. The monoisotopic (exact) mass is 479 g/mol. The van der Waals surface area contributed by atoms with Crippen molar-refractivity contribution in [1.29, 1.82) is 5.41 Å². The van der Waals surface area contributed by atoms with Gasteiger partial charge >= 0.3 is 0 Å². The van der Waals surface area contributed by atoms with E-state index in [0.717, 1.165) is 11.3 Å². The molecule has 8 nitrogen and oxygen atoms in total. The van der Waals surface area contributed by atoms with Gasteiger partial charge in [0.25, 0.3) is 5.91 Å². The van der Waals surface area contributed by atoms with Crippen molar-refractivity contribution >= 4 is 34.7 Å². The maximum absolute atomic E-state index is 12.5. The average molecular weight is 480 g/mol. The minimum absolute atomic E-state index is 0.0676. The Labute approximate surface area is 202 Å². The van der Waals surface area contributed by atoms with E-state index in [4.69, 9.17) is 24.4 Å². The molecule has 2 heterocycles. The van der Waals surface area contributed by atoms with Crippen LogP contribution < -0.4 is 18.9 Å². The molecule has 2 aliphatic heterocycles. The zero-order valence-electron chi connectivity index (χ0n) is 19.4. The van der Waals surface area contributed by atoms with Crippen molar-refractivity contribution in [1.82, 2.24) is 4.90 Å². The Kier molecular flexibility index (Phi) is 6.93. The van der Waals surface area contributed by atoms with Crippen molar-refractivity contribution in [3.63, 3.8) is 0 Å². The summed E-state index contributed by atoms with van der Waals surface area (Å²) in [6, 6.07) is 9.39. The molecule has 1 N–H and O–H groups in total. The first kappa shape index (κ1) is 23.4. The van der Waals surface area contributed by atoms with Crippen LogP contribution in [0.2, 0.25) is 0 Å². The van der Waals surface area contributed by atoms with Crippen molar-refractivity contribution in [3.05, 3.63) is 64.2 Å². The van der Waals surface area contributed by atoms with Gasteiger partial charge in [-0.3, -0.25) is 15.1 Å². The number of thioether (sulfide) groups is 1. The minimum Gasteiger partial charge on any atom is -0.493 e. The molecular formula is C25H25N3O5S. The maximum Gasteiger partial charge on any atom is 0.283 e. The van der Waals surface area contributed by atoms with Crippen LogP contribution in [0.15, 0.2) is 52.5 Å². The first-order chi connectivity index (χ1) is 16.4. The van der Waals surface area contributed by atoms with E-state index in [1.807, 2.05) is 25.1 Å². The van der Waals surface area contributed by atoms with Crippen LogP contribution in [0.4, 0.5) is 0 Å². The van der Waals surface area contributed by atoms with E-state index >= 15 is 0 Å². The highest BCUT2D eigenvalue weighted by molar-refractivity contribution is 8.16. The van der Waals surface area contributed by atoms with Crippen molar-refractivity contribution in [2.75, 3.05) is 27.4 Å². The zero-order chi connectivity index (χ0) is 24.2. The highest BCUT2D eigenvalue weighted by atomic mass is 32.2. The van der Waals surface area contributed by atoms with Crippen molar-refractivity contribution in [2.24, 2.45) is 4.99 Å². The number of carbonyl (C=O) groups is 1. The Morgan fingerprint density at radius 1 is 1.03 bits per heavy atom. The van der Waals surface area contributed by atoms with Gasteiger partial charge in [0.05, 0.1) is 19.8 Å². The van der Waals surface area contributed by atoms with E-state index in [0.29, 0.717) is 34.6 Å². The van der Waals surface area contributed by atoms with E-state index < -0.39 is 5.91 Å². The van der Waals surface area contributed by atoms with Gasteiger partial charge in [0.15, 0.2) is 16.7 Å². The largest absolute Gasteiger partial charge is 0.493 e. The average Bonchev–Trinajstić information content (AvgIpc) is 3.30. The number of aryl methyl sites for hydroxylation is 2. The van der Waals surface area contributed by atoms with Crippen LogP contribution >= 0.6 is 11.8 Å². The van der Waals surface area contributed by atoms with Gasteiger partial charge in [-0.1, -0.05) is 17.8 Å². The van der Waals surface area contributed by atoms with Gasteiger partial charge in [-0.25, -0.2) is 0 Å². The van der Waals surface area contributed by atoms with Crippen molar-refractivity contribution in [2.45, 2.75) is 13.8 Å². The highest BCUT2D eigenvalue weighted by Gasteiger charge is 2.31. The number of methoxy groups -OCH3 is 2. The number of hydrogen-bond acceptors (Lipinski definition) is 7. The summed E-state index contributed by atoms with van der Waals surface area (Å²) >= 11 is 1.31. The molecule has 2 aromatic rings. The molecule has 4 rings (SSSR count). The quantitative estimate of drug-likeness (QED) is 0.438. The molecule has 0 aromatic heterocycles. The van der Waals surface area contributed by atoms with E-state index in [-0.39, 0.29) is 18.0 Å². The van der Waals surface area contributed by atoms with Gasteiger partial charge in [-0.2, -0.15) is 4.99 Å². The molecule has 0 spiro atoms. The Balaban J connectivity index is 1.51. The van der Waals surface area contributed by atoms with Gasteiger partial charge in [0.2, 0.25) is 5.75 Å². The van der Waals surface area contributed by atoms with Crippen LogP contribution in [0.25, 0.3) is 6.08 Å². The molecule has 0 aliphatic carbocycles. The first-order valence-electron chi connectivity index (χ1n) is 10.6. The SMILES string of the molecule is COc1cc(/C=C2/C(=N)N3C=CSC3=NC2=O)cc(OC)c1OCCOc1ccc(C)c(C)c1. The summed E-state index contributed by atoms with van der Waals surface area (Å²) in [6.07, 6.45) is 3.31. The summed E-state index contributed by atoms with van der Waals surface area (Å²) in [5.74, 6) is 1.69. The summed E-state index contributed by atoms with van der Waals surface area (Å²) in [4.78, 5) is 18.1. The second-order valence-electron chi connectivity index (χ2n) is 7.58. The Hall–Kier alpha value is -3.72. The predicted molar refractivity (Wildman–Crippen MR) is 133 cm³/mol. The van der Waals surface area contributed by atoms with E-state index in [2.05, 4.69) is 11.9 Å². The molecule has 176 valence electrons. The number of amides is 1. The number of carbonyl (C=O) groups excluding carboxylic acids is 1. The number of amidine groups is 2. The second kappa shape index (κ2) is 10.0. The molecule has 2 aliphatic rings. The number of nitrogens with zero attached hydrogens (tertiary/aromatic N) is 2. The Morgan fingerprint density at radius 2 is 1.74 bits per heavy atom. The lowest BCUT2D eigenvalue weighted by Crippen LogP contribution is -2.35. The van der Waals surface area contributed by atoms with Crippen LogP contribution in [0.1, 0.15) is 16.7 Å². The van der Waals surface area contributed by atoms with E-state index in [1.165, 1.54) is 31.5 Å². The summed E-state index contributed by atoms with van der Waals surface area (Å²) < 4.78 is 22.8. The number of benzene rings is 2. The van der Waals surface area contributed by atoms with Crippen LogP contribution in [0.5, 0.6) is 23.0 Å². The molecule has 9 heteroatoms. The minimum atomic E-state index is -0.464. The molecule has 0 saturated heterocycles. The third-order valence-electron chi connectivity index (χ3n) is 5.38. The fourth-order valence-corrected chi connectivity index (χ4v) is 4.14. The van der Waals surface area contributed by atoms with Crippen LogP contribution in [-0.2, 0) is 4.79 Å². The smallest absolute Gasteiger partial charge is 0.283 e. The highest BCUT2D eigenvalue weighted by Crippen LogP contribution is 2.39. The van der Waals surface area contributed by atoms with Crippen LogP contribution in [0.3, 0.4) is 0 Å². The predicted octanol–water partition coefficient (Wildman–Crippen LogP) is 4.56. The van der Waals surface area contributed by atoms with Gasteiger partial charge in [-0.15, -0.1) is 0 Å². The second-order valence-corrected chi connectivity index (χ2v) is 8.45. The number of nitrogens with one attached hydrogen (secondary N) is 1. The van der Waals surface area contributed by atoms with Crippen LogP contribution in [0, 0.1) is 19.3 Å². The standard InChI is InChI=1S/C25H25N3O5S/c1-15-5-6-18(11-16(15)2)32-8-9-33-22-20(30-3)13-17(14-21(22)31-4)12-19-23(26)28-7-10-34-25(28)27-24(19)29/h5-7,10-14,26H,8-9H2,1-4H3/b19-12-,26-23?. The molecule has 34 heavy (non-hydrogen) atoms. The van der Waals surface area contributed by atoms with Gasteiger partial charge in [0, 0.05) is 6.20 Å². The summed E-state index contributed by atoms with van der Waals surface area (Å²) in [7, 11) is 3.06. The lowest BCUT2D eigenvalue weighted by atomic mass is 10.1. The van der Waals surface area contributed by atoms with Gasteiger partial charge in [0.1, 0.15) is 24.8 Å². The fourth-order valence-electron chi connectivity index (χ4n) is 3.43. The number of rotatable bonds is 8. The molecule has 0 fully saturated rings. The van der Waals surface area contributed by atoms with Gasteiger partial charge in [-0.05, 0) is 66.3 Å². The molecule has 0 atom stereocenters.